The molecule has 5 atom stereocenters. The normalized spacial score (nSPS) is 37.1. The van der Waals surface area contributed by atoms with Crippen LogP contribution in [-0.4, -0.2) is 40.6 Å². The van der Waals surface area contributed by atoms with Crippen LogP contribution in [0.15, 0.2) is 60.7 Å². The molecule has 2 aromatic carbocycles. The van der Waals surface area contributed by atoms with E-state index < -0.39 is 35.5 Å². The van der Waals surface area contributed by atoms with Gasteiger partial charge in [-0.2, -0.15) is 0 Å². The SMILES string of the molecule is CC1(C(O)C2(B3OC(C)(C)C(C)(C)O3)OC2c2ccccc2)OC1c1ccccc1. The summed E-state index contributed by atoms with van der Waals surface area (Å²) in [5.74, 6) is 0. The van der Waals surface area contributed by atoms with Crippen LogP contribution in [0.5, 0.6) is 0 Å². The Hall–Kier alpha value is -1.70. The zero-order chi connectivity index (χ0) is 21.4. The van der Waals surface area contributed by atoms with Gasteiger partial charge in [0, 0.05) is 0 Å². The molecule has 0 bridgehead atoms. The lowest BCUT2D eigenvalue weighted by Gasteiger charge is -2.32. The van der Waals surface area contributed by atoms with Crippen LogP contribution in [0.2, 0.25) is 0 Å². The highest BCUT2D eigenvalue weighted by Gasteiger charge is 2.81. The Morgan fingerprint density at radius 3 is 1.70 bits per heavy atom. The summed E-state index contributed by atoms with van der Waals surface area (Å²) in [4.78, 5) is 0. The third-order valence-corrected chi connectivity index (χ3v) is 7.31. The maximum Gasteiger partial charge on any atom is 0.498 e. The molecule has 5 rings (SSSR count). The van der Waals surface area contributed by atoms with E-state index in [0.717, 1.165) is 11.1 Å². The highest BCUT2D eigenvalue weighted by molar-refractivity contribution is 6.51. The quantitative estimate of drug-likeness (QED) is 0.598. The van der Waals surface area contributed by atoms with E-state index in [9.17, 15) is 5.11 Å². The predicted molar refractivity (Wildman–Crippen MR) is 114 cm³/mol. The standard InChI is InChI=1S/C24H29BO5/c1-21(2)22(3,4)30-25(29-21)24(19(28-24)17-14-10-7-11-15-17)20(26)23(5)18(27-23)16-12-8-6-9-13-16/h6-15,18-20,26H,1-5H3. The second-order valence-electron chi connectivity index (χ2n) is 9.85. The van der Waals surface area contributed by atoms with Crippen LogP contribution < -0.4 is 0 Å². The third-order valence-electron chi connectivity index (χ3n) is 7.31. The zero-order valence-electron chi connectivity index (χ0n) is 18.2. The number of ether oxygens (including phenoxy) is 2. The topological polar surface area (TPSA) is 63.8 Å². The molecule has 0 radical (unpaired) electrons. The molecule has 5 nitrogen and oxygen atoms in total. The fourth-order valence-corrected chi connectivity index (χ4v) is 4.57. The minimum atomic E-state index is -1.04. The summed E-state index contributed by atoms with van der Waals surface area (Å²) in [6, 6.07) is 19.9. The molecule has 0 spiro atoms. The summed E-state index contributed by atoms with van der Waals surface area (Å²) in [6.07, 6.45) is -1.47. The first-order valence-electron chi connectivity index (χ1n) is 10.6. The van der Waals surface area contributed by atoms with Gasteiger partial charge in [-0.25, -0.2) is 0 Å². The Morgan fingerprint density at radius 2 is 1.20 bits per heavy atom. The fraction of sp³-hybridized carbons (Fsp3) is 0.500. The second-order valence-corrected chi connectivity index (χ2v) is 9.85. The van der Waals surface area contributed by atoms with Gasteiger partial charge in [0.2, 0.25) is 0 Å². The van der Waals surface area contributed by atoms with Crippen molar-refractivity contribution >= 4 is 7.12 Å². The number of aliphatic hydroxyl groups is 1. The summed E-state index contributed by atoms with van der Waals surface area (Å²) in [6.45, 7) is 9.97. The number of rotatable bonds is 5. The van der Waals surface area contributed by atoms with Crippen molar-refractivity contribution in [1.82, 2.24) is 0 Å². The van der Waals surface area contributed by atoms with E-state index in [-0.39, 0.29) is 12.2 Å². The molecule has 5 unspecified atom stereocenters. The average molecular weight is 408 g/mol. The molecule has 0 aromatic heterocycles. The minimum absolute atomic E-state index is 0.200. The first kappa shape index (κ1) is 20.2. The van der Waals surface area contributed by atoms with Gasteiger partial charge in [0.25, 0.3) is 0 Å². The van der Waals surface area contributed by atoms with Crippen molar-refractivity contribution in [3.05, 3.63) is 71.8 Å². The molecular formula is C24H29BO5. The number of aliphatic hydroxyl groups excluding tert-OH is 1. The monoisotopic (exact) mass is 408 g/mol. The summed E-state index contributed by atoms with van der Waals surface area (Å²) in [7, 11) is -0.708. The fourth-order valence-electron chi connectivity index (χ4n) is 4.57. The van der Waals surface area contributed by atoms with Crippen molar-refractivity contribution in [3.63, 3.8) is 0 Å². The summed E-state index contributed by atoms with van der Waals surface area (Å²) in [5.41, 5.74) is -0.838. The van der Waals surface area contributed by atoms with Gasteiger partial charge in [0.1, 0.15) is 23.9 Å². The lowest BCUT2D eigenvalue weighted by molar-refractivity contribution is 0.00578. The molecule has 158 valence electrons. The lowest BCUT2D eigenvalue weighted by Crippen LogP contribution is -2.53. The van der Waals surface area contributed by atoms with E-state index in [1.54, 1.807) is 0 Å². The van der Waals surface area contributed by atoms with Crippen molar-refractivity contribution in [2.75, 3.05) is 0 Å². The van der Waals surface area contributed by atoms with Crippen molar-refractivity contribution in [2.45, 2.75) is 75.2 Å². The molecule has 0 saturated carbocycles. The van der Waals surface area contributed by atoms with Crippen LogP contribution in [-0.2, 0) is 18.8 Å². The number of hydrogen-bond donors (Lipinski definition) is 1. The smallest absolute Gasteiger partial charge is 0.401 e. The third kappa shape index (κ3) is 2.82. The van der Waals surface area contributed by atoms with E-state index in [1.165, 1.54) is 0 Å². The van der Waals surface area contributed by atoms with Crippen molar-refractivity contribution in [2.24, 2.45) is 0 Å². The molecule has 3 heterocycles. The van der Waals surface area contributed by atoms with E-state index in [1.807, 2.05) is 95.3 Å². The van der Waals surface area contributed by atoms with E-state index in [4.69, 9.17) is 18.8 Å². The zero-order valence-corrected chi connectivity index (χ0v) is 18.2. The summed E-state index contributed by atoms with van der Waals surface area (Å²) in [5, 5.41) is 11.7. The van der Waals surface area contributed by atoms with Crippen molar-refractivity contribution < 1.29 is 23.9 Å². The second kappa shape index (κ2) is 6.41. The molecule has 6 heteroatoms. The molecule has 3 aliphatic rings. The minimum Gasteiger partial charge on any atom is -0.401 e. The highest BCUT2D eigenvalue weighted by Crippen LogP contribution is 2.64. The Kier molecular flexibility index (Phi) is 4.32. The molecule has 0 amide bonds. The first-order chi connectivity index (χ1) is 14.1. The van der Waals surface area contributed by atoms with Crippen LogP contribution in [0.25, 0.3) is 0 Å². The van der Waals surface area contributed by atoms with Crippen molar-refractivity contribution in [1.29, 1.82) is 0 Å². The van der Waals surface area contributed by atoms with E-state index >= 15 is 0 Å². The maximum atomic E-state index is 11.7. The average Bonchev–Trinajstić information content (AvgIpc) is 3.61. The highest BCUT2D eigenvalue weighted by atomic mass is 16.7. The Morgan fingerprint density at radius 1 is 0.733 bits per heavy atom. The van der Waals surface area contributed by atoms with E-state index in [2.05, 4.69) is 0 Å². The molecule has 30 heavy (non-hydrogen) atoms. The molecule has 2 aromatic rings. The van der Waals surface area contributed by atoms with Crippen LogP contribution in [0.1, 0.15) is 58.0 Å². The Labute approximate surface area is 178 Å². The number of epoxide rings is 2. The summed E-state index contributed by atoms with van der Waals surface area (Å²) < 4.78 is 25.1. The number of hydrogen-bond acceptors (Lipinski definition) is 5. The molecule has 3 saturated heterocycles. The Bertz CT molecular complexity index is 917. The molecule has 3 aliphatic heterocycles. The summed E-state index contributed by atoms with van der Waals surface area (Å²) >= 11 is 0. The maximum absolute atomic E-state index is 11.7. The molecule has 0 aliphatic carbocycles. The van der Waals surface area contributed by atoms with Gasteiger partial charge in [-0.15, -0.1) is 0 Å². The molecule has 3 fully saturated rings. The van der Waals surface area contributed by atoms with Gasteiger partial charge < -0.3 is 23.9 Å². The first-order valence-corrected chi connectivity index (χ1v) is 10.6. The van der Waals surface area contributed by atoms with Gasteiger partial charge in [0.05, 0.1) is 11.2 Å². The van der Waals surface area contributed by atoms with Crippen LogP contribution >= 0.6 is 0 Å². The number of benzene rings is 2. The van der Waals surface area contributed by atoms with Crippen molar-refractivity contribution in [3.8, 4) is 0 Å². The van der Waals surface area contributed by atoms with Crippen LogP contribution in [0.4, 0.5) is 0 Å². The van der Waals surface area contributed by atoms with Crippen LogP contribution in [0, 0.1) is 0 Å². The van der Waals surface area contributed by atoms with Crippen LogP contribution in [0.3, 0.4) is 0 Å². The van der Waals surface area contributed by atoms with Gasteiger partial charge in [-0.3, -0.25) is 0 Å². The van der Waals surface area contributed by atoms with E-state index in [0.29, 0.717) is 0 Å². The molecular weight excluding hydrogens is 379 g/mol. The largest absolute Gasteiger partial charge is 0.498 e. The van der Waals surface area contributed by atoms with Gasteiger partial charge in [0.15, 0.2) is 5.50 Å². The lowest BCUT2D eigenvalue weighted by atomic mass is 9.62. The molecule has 1 N–H and O–H groups in total. The Balaban J connectivity index is 1.49. The van der Waals surface area contributed by atoms with Gasteiger partial charge in [-0.05, 0) is 45.7 Å². The van der Waals surface area contributed by atoms with Gasteiger partial charge in [-0.1, -0.05) is 60.7 Å². The van der Waals surface area contributed by atoms with Gasteiger partial charge >= 0.3 is 7.12 Å². The predicted octanol–water partition coefficient (Wildman–Crippen LogP) is 4.02.